The lowest BCUT2D eigenvalue weighted by molar-refractivity contribution is -0.906. The highest BCUT2D eigenvalue weighted by atomic mass is 16.2. The quantitative estimate of drug-likeness (QED) is 0.588. The van der Waals surface area contributed by atoms with E-state index in [0.29, 0.717) is 12.6 Å². The summed E-state index contributed by atoms with van der Waals surface area (Å²) in [6.45, 7) is 1.44. The maximum atomic E-state index is 12.1. The molecular weight excluding hydrogens is 248 g/mol. The summed E-state index contributed by atoms with van der Waals surface area (Å²) in [7, 11) is 4.42. The molecule has 1 saturated carbocycles. The van der Waals surface area contributed by atoms with Crippen LogP contribution in [0.25, 0.3) is 0 Å². The number of nitrogens with zero attached hydrogens (tertiary/aromatic N) is 1. The lowest BCUT2D eigenvalue weighted by Gasteiger charge is -2.35. The molecule has 0 radical (unpaired) electrons. The van der Waals surface area contributed by atoms with Crippen molar-refractivity contribution in [1.82, 2.24) is 5.32 Å². The lowest BCUT2D eigenvalue weighted by Crippen LogP contribution is -2.53. The predicted molar refractivity (Wildman–Crippen MR) is 83.4 cm³/mol. The van der Waals surface area contributed by atoms with Crippen LogP contribution >= 0.6 is 0 Å². The molecule has 20 heavy (non-hydrogen) atoms. The Balaban J connectivity index is 1.67. The number of likely N-dealkylation sites (N-methyl/N-ethyl adjacent to an activating group) is 1. The van der Waals surface area contributed by atoms with Gasteiger partial charge in [-0.2, -0.15) is 0 Å². The summed E-state index contributed by atoms with van der Waals surface area (Å²) in [4.78, 5) is 12.1. The molecule has 0 spiro atoms. The highest BCUT2D eigenvalue weighted by Gasteiger charge is 2.32. The molecule has 114 valence electrons. The third kappa shape index (κ3) is 4.62. The van der Waals surface area contributed by atoms with Gasteiger partial charge in [-0.3, -0.25) is 4.79 Å². The number of hydrogen-bond donors (Lipinski definition) is 1. The van der Waals surface area contributed by atoms with Crippen molar-refractivity contribution in [3.8, 4) is 0 Å². The van der Waals surface area contributed by atoms with Crippen LogP contribution < -0.4 is 5.32 Å². The number of carbonyl (C=O) groups excluding carboxylic acids is 1. The third-order valence-corrected chi connectivity index (χ3v) is 5.02. The summed E-state index contributed by atoms with van der Waals surface area (Å²) >= 11 is 0. The van der Waals surface area contributed by atoms with Crippen molar-refractivity contribution in [2.24, 2.45) is 0 Å². The first-order valence-electron chi connectivity index (χ1n) is 8.35. The molecule has 3 nitrogen and oxygen atoms in total. The maximum absolute atomic E-state index is 12.1. The highest BCUT2D eigenvalue weighted by Crippen LogP contribution is 2.26. The Labute approximate surface area is 124 Å². The Bertz CT molecular complexity index is 354. The molecule has 0 heterocycles. The number of carbonyl (C=O) groups is 1. The van der Waals surface area contributed by atoms with E-state index in [-0.39, 0.29) is 5.91 Å². The van der Waals surface area contributed by atoms with Gasteiger partial charge in [-0.1, -0.05) is 11.6 Å². The topological polar surface area (TPSA) is 29.1 Å². The van der Waals surface area contributed by atoms with E-state index < -0.39 is 0 Å². The van der Waals surface area contributed by atoms with E-state index in [1.54, 1.807) is 5.57 Å². The van der Waals surface area contributed by atoms with Crippen molar-refractivity contribution in [3.05, 3.63) is 11.6 Å². The number of allylic oxidation sites excluding steroid dienone is 1. The molecule has 1 amide bonds. The fourth-order valence-electron chi connectivity index (χ4n) is 3.65. The van der Waals surface area contributed by atoms with Crippen LogP contribution in [0.2, 0.25) is 0 Å². The monoisotopic (exact) mass is 279 g/mol. The first-order valence-corrected chi connectivity index (χ1v) is 8.35. The average Bonchev–Trinajstić information content (AvgIpc) is 2.94. The molecule has 3 heteroatoms. The Kier molecular flexibility index (Phi) is 5.64. The molecule has 0 atom stereocenters. The van der Waals surface area contributed by atoms with E-state index in [1.165, 1.54) is 51.4 Å². The Morgan fingerprint density at radius 1 is 1.25 bits per heavy atom. The van der Waals surface area contributed by atoms with Gasteiger partial charge in [-0.05, 0) is 57.8 Å². The number of amides is 1. The smallest absolute Gasteiger partial charge is 0.275 e. The normalized spacial score (nSPS) is 20.8. The SMILES string of the molecule is C[N+](C)(CC(=O)NCCC1=CCCCC1)C1CCCC1. The van der Waals surface area contributed by atoms with Crippen molar-refractivity contribution in [2.45, 2.75) is 63.8 Å². The van der Waals surface area contributed by atoms with E-state index in [4.69, 9.17) is 0 Å². The van der Waals surface area contributed by atoms with E-state index >= 15 is 0 Å². The molecule has 0 saturated heterocycles. The van der Waals surface area contributed by atoms with Gasteiger partial charge >= 0.3 is 0 Å². The van der Waals surface area contributed by atoms with Gasteiger partial charge in [0.15, 0.2) is 6.54 Å². The van der Waals surface area contributed by atoms with Crippen molar-refractivity contribution < 1.29 is 9.28 Å². The summed E-state index contributed by atoms with van der Waals surface area (Å²) < 4.78 is 0.856. The molecule has 0 bridgehead atoms. The van der Waals surface area contributed by atoms with Crippen molar-refractivity contribution in [1.29, 1.82) is 0 Å². The van der Waals surface area contributed by atoms with Crippen molar-refractivity contribution in [2.75, 3.05) is 27.2 Å². The van der Waals surface area contributed by atoms with Crippen molar-refractivity contribution in [3.63, 3.8) is 0 Å². The number of hydrogen-bond acceptors (Lipinski definition) is 1. The lowest BCUT2D eigenvalue weighted by atomic mass is 9.97. The molecule has 1 fully saturated rings. The van der Waals surface area contributed by atoms with Crippen LogP contribution in [-0.4, -0.2) is 43.6 Å². The van der Waals surface area contributed by atoms with Gasteiger partial charge in [0.2, 0.25) is 0 Å². The second kappa shape index (κ2) is 7.26. The molecule has 0 aromatic rings. The van der Waals surface area contributed by atoms with E-state index in [0.717, 1.165) is 17.4 Å². The summed E-state index contributed by atoms with van der Waals surface area (Å²) in [5.74, 6) is 0.221. The molecule has 0 aromatic carbocycles. The number of rotatable bonds is 6. The summed E-state index contributed by atoms with van der Waals surface area (Å²) in [5, 5.41) is 3.11. The van der Waals surface area contributed by atoms with Gasteiger partial charge in [-0.25, -0.2) is 0 Å². The average molecular weight is 279 g/mol. The molecule has 0 unspecified atom stereocenters. The third-order valence-electron chi connectivity index (χ3n) is 5.02. The van der Waals surface area contributed by atoms with Crippen LogP contribution in [0.15, 0.2) is 11.6 Å². The fraction of sp³-hybridized carbons (Fsp3) is 0.824. The molecule has 2 aliphatic rings. The van der Waals surface area contributed by atoms with Crippen LogP contribution in [0, 0.1) is 0 Å². The zero-order valence-corrected chi connectivity index (χ0v) is 13.3. The highest BCUT2D eigenvalue weighted by molar-refractivity contribution is 5.77. The standard InChI is InChI=1S/C17H30N2O/c1-19(2,16-10-6-7-11-16)14-17(20)18-13-12-15-8-4-3-5-9-15/h8,16H,3-7,9-14H2,1-2H3/p+1. The fourth-order valence-corrected chi connectivity index (χ4v) is 3.65. The molecule has 1 N–H and O–H groups in total. The molecular formula is C17H31N2O+. The van der Waals surface area contributed by atoms with Crippen LogP contribution in [-0.2, 0) is 4.79 Å². The second-order valence-corrected chi connectivity index (χ2v) is 7.08. The Morgan fingerprint density at radius 3 is 2.65 bits per heavy atom. The summed E-state index contributed by atoms with van der Waals surface area (Å²) in [6.07, 6.45) is 13.8. The predicted octanol–water partition coefficient (Wildman–Crippen LogP) is 3.01. The zero-order chi connectivity index (χ0) is 14.4. The van der Waals surface area contributed by atoms with E-state index in [1.807, 2.05) is 0 Å². The van der Waals surface area contributed by atoms with Gasteiger partial charge in [0, 0.05) is 6.54 Å². The summed E-state index contributed by atoms with van der Waals surface area (Å²) in [6, 6.07) is 0.682. The van der Waals surface area contributed by atoms with E-state index in [2.05, 4.69) is 25.5 Å². The van der Waals surface area contributed by atoms with Crippen LogP contribution in [0.1, 0.15) is 57.8 Å². The Morgan fingerprint density at radius 2 is 2.00 bits per heavy atom. The van der Waals surface area contributed by atoms with Gasteiger partial charge < -0.3 is 9.80 Å². The largest absolute Gasteiger partial charge is 0.351 e. The van der Waals surface area contributed by atoms with Gasteiger partial charge in [0.05, 0.1) is 20.1 Å². The minimum absolute atomic E-state index is 0.221. The zero-order valence-electron chi connectivity index (χ0n) is 13.3. The first kappa shape index (κ1) is 15.6. The van der Waals surface area contributed by atoms with Crippen molar-refractivity contribution >= 4 is 5.91 Å². The first-order chi connectivity index (χ1) is 9.58. The molecule has 2 aliphatic carbocycles. The van der Waals surface area contributed by atoms with Crippen LogP contribution in [0.5, 0.6) is 0 Å². The van der Waals surface area contributed by atoms with Crippen LogP contribution in [0.3, 0.4) is 0 Å². The number of quaternary nitrogens is 1. The van der Waals surface area contributed by atoms with Gasteiger partial charge in [0.25, 0.3) is 5.91 Å². The molecule has 2 rings (SSSR count). The van der Waals surface area contributed by atoms with E-state index in [9.17, 15) is 4.79 Å². The minimum Gasteiger partial charge on any atom is -0.351 e. The second-order valence-electron chi connectivity index (χ2n) is 7.08. The van der Waals surface area contributed by atoms with Gasteiger partial charge in [0.1, 0.15) is 0 Å². The number of nitrogens with one attached hydrogen (secondary N) is 1. The maximum Gasteiger partial charge on any atom is 0.275 e. The van der Waals surface area contributed by atoms with Crippen LogP contribution in [0.4, 0.5) is 0 Å². The Hall–Kier alpha value is -0.830. The summed E-state index contributed by atoms with van der Waals surface area (Å²) in [5.41, 5.74) is 1.54. The minimum atomic E-state index is 0.221. The molecule has 0 aromatic heterocycles. The van der Waals surface area contributed by atoms with Gasteiger partial charge in [-0.15, -0.1) is 0 Å². The molecule has 0 aliphatic heterocycles.